The molecule has 0 heterocycles. The van der Waals surface area contributed by atoms with Crippen molar-refractivity contribution in [2.75, 3.05) is 6.61 Å². The molecule has 2 unspecified atom stereocenters. The molecule has 0 amide bonds. The van der Waals surface area contributed by atoms with Crippen LogP contribution in [0.5, 0.6) is 0 Å². The van der Waals surface area contributed by atoms with Crippen LogP contribution in [0.2, 0.25) is 0 Å². The molecule has 2 nitrogen and oxygen atoms in total. The van der Waals surface area contributed by atoms with Gasteiger partial charge < -0.3 is 8.85 Å². The lowest BCUT2D eigenvalue weighted by atomic mass is 9.82. The van der Waals surface area contributed by atoms with Gasteiger partial charge in [-0.1, -0.05) is 101 Å². The van der Waals surface area contributed by atoms with Crippen LogP contribution >= 0.6 is 0 Å². The Balaban J connectivity index is 1.92. The van der Waals surface area contributed by atoms with Crippen LogP contribution in [0.15, 0.2) is 60.7 Å². The van der Waals surface area contributed by atoms with Gasteiger partial charge in [0.15, 0.2) is 0 Å². The van der Waals surface area contributed by atoms with Crippen LogP contribution in [0.3, 0.4) is 0 Å². The molecule has 1 aliphatic rings. The van der Waals surface area contributed by atoms with Crippen LogP contribution in [-0.4, -0.2) is 21.3 Å². The third-order valence-electron chi connectivity index (χ3n) is 6.08. The average molecular weight is 411 g/mol. The second-order valence-corrected chi connectivity index (χ2v) is 11.8. The lowest BCUT2D eigenvalue weighted by Crippen LogP contribution is -2.65. The van der Waals surface area contributed by atoms with Gasteiger partial charge in [0, 0.05) is 12.7 Å². The maximum absolute atomic E-state index is 7.12. The van der Waals surface area contributed by atoms with Crippen LogP contribution in [0.4, 0.5) is 0 Å². The first-order valence-corrected chi connectivity index (χ1v) is 13.4. The second kappa shape index (κ2) is 11.1. The maximum atomic E-state index is 7.12. The van der Waals surface area contributed by atoms with E-state index in [-0.39, 0.29) is 6.10 Å². The highest BCUT2D eigenvalue weighted by atomic mass is 28.4. The molecule has 0 N–H and O–H groups in total. The van der Waals surface area contributed by atoms with E-state index < -0.39 is 8.56 Å². The van der Waals surface area contributed by atoms with Gasteiger partial charge in [0.2, 0.25) is 0 Å². The van der Waals surface area contributed by atoms with Crippen LogP contribution in [0, 0.1) is 11.8 Å². The number of rotatable bonds is 10. The van der Waals surface area contributed by atoms with E-state index in [1.807, 2.05) is 0 Å². The zero-order chi connectivity index (χ0) is 20.5. The predicted octanol–water partition coefficient (Wildman–Crippen LogP) is 5.68. The molecule has 1 fully saturated rings. The third kappa shape index (κ3) is 6.03. The zero-order valence-electron chi connectivity index (χ0n) is 18.5. The molecule has 0 bridgehead atoms. The Morgan fingerprint density at radius 3 is 1.83 bits per heavy atom. The zero-order valence-corrected chi connectivity index (χ0v) is 19.5. The molecule has 158 valence electrons. The second-order valence-electron chi connectivity index (χ2n) is 8.92. The smallest absolute Gasteiger partial charge is 0.388 e. The molecule has 0 spiro atoms. The molecule has 0 aliphatic heterocycles. The van der Waals surface area contributed by atoms with Gasteiger partial charge in [-0.3, -0.25) is 0 Å². The van der Waals surface area contributed by atoms with E-state index in [0.29, 0.717) is 11.8 Å². The van der Waals surface area contributed by atoms with Crippen molar-refractivity contribution in [3.8, 4) is 0 Å². The molecular formula is C26H38O2Si. The summed E-state index contributed by atoms with van der Waals surface area (Å²) in [5.74, 6) is 1.43. The minimum Gasteiger partial charge on any atom is -0.388 e. The van der Waals surface area contributed by atoms with Crippen LogP contribution < -0.4 is 10.4 Å². The van der Waals surface area contributed by atoms with Crippen molar-refractivity contribution < 1.29 is 8.85 Å². The summed E-state index contributed by atoms with van der Waals surface area (Å²) in [6.07, 6.45) is 8.70. The summed E-state index contributed by atoms with van der Waals surface area (Å²) < 4.78 is 14.0. The van der Waals surface area contributed by atoms with Crippen molar-refractivity contribution in [1.82, 2.24) is 0 Å². The Morgan fingerprint density at radius 1 is 0.759 bits per heavy atom. The molecule has 0 radical (unpaired) electrons. The minimum absolute atomic E-state index is 0.275. The fraction of sp³-hybridized carbons (Fsp3) is 0.538. The highest BCUT2D eigenvalue weighted by Gasteiger charge is 2.45. The standard InChI is InChI=1S/C26H38O2Si/c1-4-5-6-13-18-27-29(25-14-9-7-10-15-25,26-16-11-8-12-17-26)28-24-20-22(2)19-23(3)21-24/h7-12,14-17,22-24H,4-6,13,18-21H2,1-3H3. The molecule has 3 heteroatoms. The van der Waals surface area contributed by atoms with E-state index in [1.165, 1.54) is 36.1 Å². The first kappa shape index (κ1) is 22.3. The monoisotopic (exact) mass is 410 g/mol. The Bertz CT molecular complexity index is 654. The fourth-order valence-corrected chi connectivity index (χ4v) is 8.13. The highest BCUT2D eigenvalue weighted by Crippen LogP contribution is 2.32. The normalized spacial score (nSPS) is 22.5. The number of hydrogen-bond acceptors (Lipinski definition) is 2. The Labute approximate surface area is 178 Å². The van der Waals surface area contributed by atoms with Crippen LogP contribution in [0.25, 0.3) is 0 Å². The molecule has 2 aromatic carbocycles. The molecular weight excluding hydrogens is 372 g/mol. The fourth-order valence-electron chi connectivity index (χ4n) is 4.77. The first-order valence-electron chi connectivity index (χ1n) is 11.6. The largest absolute Gasteiger partial charge is 0.407 e. The van der Waals surface area contributed by atoms with E-state index in [2.05, 4.69) is 81.4 Å². The van der Waals surface area contributed by atoms with Gasteiger partial charge in [-0.25, -0.2) is 0 Å². The summed E-state index contributed by atoms with van der Waals surface area (Å²) in [6.45, 7) is 7.76. The van der Waals surface area contributed by atoms with Gasteiger partial charge in [0.25, 0.3) is 0 Å². The van der Waals surface area contributed by atoms with Crippen molar-refractivity contribution in [3.05, 3.63) is 60.7 Å². The first-order chi connectivity index (χ1) is 14.1. The van der Waals surface area contributed by atoms with Gasteiger partial charge in [0.1, 0.15) is 0 Å². The maximum Gasteiger partial charge on any atom is 0.407 e. The molecule has 0 saturated heterocycles. The van der Waals surface area contributed by atoms with Crippen molar-refractivity contribution >= 4 is 18.9 Å². The van der Waals surface area contributed by atoms with Gasteiger partial charge in [-0.05, 0) is 47.9 Å². The van der Waals surface area contributed by atoms with Crippen LogP contribution in [-0.2, 0) is 8.85 Å². The van der Waals surface area contributed by atoms with Crippen LogP contribution in [0.1, 0.15) is 65.7 Å². The topological polar surface area (TPSA) is 18.5 Å². The quantitative estimate of drug-likeness (QED) is 0.370. The van der Waals surface area contributed by atoms with Crippen molar-refractivity contribution in [2.24, 2.45) is 11.8 Å². The number of unbranched alkanes of at least 4 members (excludes halogenated alkanes) is 3. The van der Waals surface area contributed by atoms with Crippen molar-refractivity contribution in [2.45, 2.75) is 71.8 Å². The predicted molar refractivity (Wildman–Crippen MR) is 125 cm³/mol. The van der Waals surface area contributed by atoms with Gasteiger partial charge >= 0.3 is 8.56 Å². The minimum atomic E-state index is -2.75. The molecule has 0 aromatic heterocycles. The average Bonchev–Trinajstić information content (AvgIpc) is 2.73. The molecule has 2 atom stereocenters. The van der Waals surface area contributed by atoms with E-state index in [9.17, 15) is 0 Å². The summed E-state index contributed by atoms with van der Waals surface area (Å²) in [7, 11) is -2.75. The lowest BCUT2D eigenvalue weighted by Gasteiger charge is -2.39. The highest BCUT2D eigenvalue weighted by molar-refractivity contribution is 6.92. The number of hydrogen-bond donors (Lipinski definition) is 0. The molecule has 29 heavy (non-hydrogen) atoms. The summed E-state index contributed by atoms with van der Waals surface area (Å²) in [5, 5.41) is 2.46. The SMILES string of the molecule is CCCCCCO[Si](OC1CC(C)CC(C)C1)(c1ccccc1)c1ccccc1. The Morgan fingerprint density at radius 2 is 1.31 bits per heavy atom. The summed E-state index contributed by atoms with van der Waals surface area (Å²) >= 11 is 0. The summed E-state index contributed by atoms with van der Waals surface area (Å²) in [4.78, 5) is 0. The van der Waals surface area contributed by atoms with Gasteiger partial charge in [0.05, 0.1) is 0 Å². The summed E-state index contributed by atoms with van der Waals surface area (Å²) in [6, 6.07) is 21.5. The molecule has 1 aliphatic carbocycles. The summed E-state index contributed by atoms with van der Waals surface area (Å²) in [5.41, 5.74) is 0. The molecule has 1 saturated carbocycles. The van der Waals surface area contributed by atoms with E-state index >= 15 is 0 Å². The van der Waals surface area contributed by atoms with Crippen molar-refractivity contribution in [1.29, 1.82) is 0 Å². The van der Waals surface area contributed by atoms with E-state index in [0.717, 1.165) is 25.9 Å². The van der Waals surface area contributed by atoms with Gasteiger partial charge in [-0.2, -0.15) is 0 Å². The third-order valence-corrected chi connectivity index (χ3v) is 9.54. The van der Waals surface area contributed by atoms with Gasteiger partial charge in [-0.15, -0.1) is 0 Å². The van der Waals surface area contributed by atoms with E-state index in [4.69, 9.17) is 8.85 Å². The molecule has 3 rings (SSSR count). The van der Waals surface area contributed by atoms with E-state index in [1.54, 1.807) is 0 Å². The Kier molecular flexibility index (Phi) is 8.52. The van der Waals surface area contributed by atoms with Crippen molar-refractivity contribution in [3.63, 3.8) is 0 Å². The molecule has 2 aromatic rings. The lowest BCUT2D eigenvalue weighted by molar-refractivity contribution is 0.0654. The Hall–Kier alpha value is -1.42. The number of benzene rings is 2.